The molecule has 2 aromatic carbocycles. The standard InChI is InChI=1S/C15H7Cl4N/c16-9-2-3-10(12(17)6-9)8-1-4-14-11(5-8)13(18)7-15(19)20-14/h1-7H. The molecule has 0 aliphatic rings. The van der Waals surface area contributed by atoms with Crippen LogP contribution in [0.3, 0.4) is 0 Å². The number of rotatable bonds is 1. The van der Waals surface area contributed by atoms with Crippen molar-refractivity contribution in [3.8, 4) is 11.1 Å². The number of hydrogen-bond acceptors (Lipinski definition) is 1. The van der Waals surface area contributed by atoms with Gasteiger partial charge in [-0.2, -0.15) is 0 Å². The minimum Gasteiger partial charge on any atom is -0.236 e. The summed E-state index contributed by atoms with van der Waals surface area (Å²) in [6, 6.07) is 12.8. The van der Waals surface area contributed by atoms with E-state index in [0.29, 0.717) is 20.2 Å². The zero-order valence-electron chi connectivity index (χ0n) is 10.0. The van der Waals surface area contributed by atoms with Crippen LogP contribution < -0.4 is 0 Å². The molecule has 20 heavy (non-hydrogen) atoms. The third-order valence-electron chi connectivity index (χ3n) is 2.97. The van der Waals surface area contributed by atoms with Gasteiger partial charge in [0.25, 0.3) is 0 Å². The smallest absolute Gasteiger partial charge is 0.131 e. The maximum Gasteiger partial charge on any atom is 0.131 e. The lowest BCUT2D eigenvalue weighted by Gasteiger charge is -2.08. The molecule has 0 radical (unpaired) electrons. The van der Waals surface area contributed by atoms with E-state index in [4.69, 9.17) is 46.4 Å². The Morgan fingerprint density at radius 2 is 1.55 bits per heavy atom. The molecule has 5 heteroatoms. The number of nitrogens with zero attached hydrogens (tertiary/aromatic N) is 1. The largest absolute Gasteiger partial charge is 0.236 e. The van der Waals surface area contributed by atoms with Crippen LogP contribution in [0.15, 0.2) is 42.5 Å². The Morgan fingerprint density at radius 1 is 0.750 bits per heavy atom. The summed E-state index contributed by atoms with van der Waals surface area (Å²) in [7, 11) is 0. The van der Waals surface area contributed by atoms with Crippen molar-refractivity contribution in [1.29, 1.82) is 0 Å². The van der Waals surface area contributed by atoms with Gasteiger partial charge in [0.05, 0.1) is 10.5 Å². The first kappa shape index (κ1) is 14.0. The zero-order valence-corrected chi connectivity index (χ0v) is 13.0. The molecule has 0 bridgehead atoms. The van der Waals surface area contributed by atoms with Crippen molar-refractivity contribution in [3.63, 3.8) is 0 Å². The fourth-order valence-corrected chi connectivity index (χ4v) is 3.07. The van der Waals surface area contributed by atoms with Gasteiger partial charge in [0.1, 0.15) is 5.15 Å². The fraction of sp³-hybridized carbons (Fsp3) is 0. The molecule has 3 rings (SSSR count). The second-order valence-corrected chi connectivity index (χ2v) is 5.92. The highest BCUT2D eigenvalue weighted by Gasteiger charge is 2.08. The predicted molar refractivity (Wildman–Crippen MR) is 87.2 cm³/mol. The van der Waals surface area contributed by atoms with Crippen molar-refractivity contribution in [2.45, 2.75) is 0 Å². The topological polar surface area (TPSA) is 12.9 Å². The van der Waals surface area contributed by atoms with E-state index in [9.17, 15) is 0 Å². The van der Waals surface area contributed by atoms with Gasteiger partial charge in [0.15, 0.2) is 0 Å². The quantitative estimate of drug-likeness (QED) is 0.459. The summed E-state index contributed by atoms with van der Waals surface area (Å²) in [4.78, 5) is 4.23. The maximum absolute atomic E-state index is 6.23. The molecular weight excluding hydrogens is 336 g/mol. The van der Waals surface area contributed by atoms with Crippen LogP contribution in [0.2, 0.25) is 20.2 Å². The van der Waals surface area contributed by atoms with E-state index in [1.807, 2.05) is 24.3 Å². The van der Waals surface area contributed by atoms with Gasteiger partial charge < -0.3 is 0 Å². The van der Waals surface area contributed by atoms with Crippen molar-refractivity contribution < 1.29 is 0 Å². The molecule has 0 saturated heterocycles. The van der Waals surface area contributed by atoms with Gasteiger partial charge in [-0.1, -0.05) is 58.5 Å². The third-order valence-corrected chi connectivity index (χ3v) is 4.02. The summed E-state index contributed by atoms with van der Waals surface area (Å²) in [6.45, 7) is 0. The fourth-order valence-electron chi connectivity index (χ4n) is 2.05. The number of pyridine rings is 1. The van der Waals surface area contributed by atoms with Gasteiger partial charge in [-0.3, -0.25) is 0 Å². The molecule has 0 amide bonds. The molecule has 1 nitrogen and oxygen atoms in total. The van der Waals surface area contributed by atoms with Gasteiger partial charge in [0.2, 0.25) is 0 Å². The molecule has 0 atom stereocenters. The number of fused-ring (bicyclic) bond motifs is 1. The summed E-state index contributed by atoms with van der Waals surface area (Å²) < 4.78 is 0. The zero-order chi connectivity index (χ0) is 14.3. The first-order valence-electron chi connectivity index (χ1n) is 5.76. The molecule has 0 fully saturated rings. The van der Waals surface area contributed by atoms with Crippen LogP contribution in [0.5, 0.6) is 0 Å². The highest BCUT2D eigenvalue weighted by atomic mass is 35.5. The average molecular weight is 343 g/mol. The van der Waals surface area contributed by atoms with Crippen molar-refractivity contribution >= 4 is 57.3 Å². The van der Waals surface area contributed by atoms with Crippen LogP contribution in [0.4, 0.5) is 0 Å². The number of halogens is 4. The molecule has 0 unspecified atom stereocenters. The van der Waals surface area contributed by atoms with Gasteiger partial charge in [-0.15, -0.1) is 0 Å². The van der Waals surface area contributed by atoms with E-state index in [1.165, 1.54) is 0 Å². The Hall–Kier alpha value is -0.990. The van der Waals surface area contributed by atoms with E-state index in [1.54, 1.807) is 18.2 Å². The Morgan fingerprint density at radius 3 is 2.30 bits per heavy atom. The van der Waals surface area contributed by atoms with E-state index >= 15 is 0 Å². The molecule has 0 saturated carbocycles. The van der Waals surface area contributed by atoms with E-state index in [2.05, 4.69) is 4.98 Å². The SMILES string of the molecule is Clc1ccc(-c2ccc3nc(Cl)cc(Cl)c3c2)c(Cl)c1. The summed E-state index contributed by atoms with van der Waals surface area (Å²) in [5.74, 6) is 0. The lowest BCUT2D eigenvalue weighted by atomic mass is 10.0. The molecule has 3 aromatic rings. The summed E-state index contributed by atoms with van der Waals surface area (Å²) in [6.07, 6.45) is 0. The molecule has 0 spiro atoms. The van der Waals surface area contributed by atoms with Crippen LogP contribution in [-0.2, 0) is 0 Å². The predicted octanol–water partition coefficient (Wildman–Crippen LogP) is 6.52. The normalized spacial score (nSPS) is 11.0. The van der Waals surface area contributed by atoms with Crippen molar-refractivity contribution in [2.24, 2.45) is 0 Å². The van der Waals surface area contributed by atoms with E-state index in [-0.39, 0.29) is 0 Å². The Bertz CT molecular complexity index is 814. The molecule has 0 aliphatic carbocycles. The molecule has 1 aromatic heterocycles. The van der Waals surface area contributed by atoms with Gasteiger partial charge >= 0.3 is 0 Å². The van der Waals surface area contributed by atoms with Crippen LogP contribution in [0.1, 0.15) is 0 Å². The highest BCUT2D eigenvalue weighted by Crippen LogP contribution is 2.34. The van der Waals surface area contributed by atoms with Crippen molar-refractivity contribution in [2.75, 3.05) is 0 Å². The van der Waals surface area contributed by atoms with Crippen LogP contribution in [0, 0.1) is 0 Å². The Labute approximate surface area is 136 Å². The summed E-state index contributed by atoms with van der Waals surface area (Å²) >= 11 is 24.2. The number of hydrogen-bond donors (Lipinski definition) is 0. The van der Waals surface area contributed by atoms with Crippen LogP contribution in [-0.4, -0.2) is 4.98 Å². The van der Waals surface area contributed by atoms with E-state index in [0.717, 1.165) is 22.0 Å². The first-order chi connectivity index (χ1) is 9.54. The third kappa shape index (κ3) is 2.59. The molecular formula is C15H7Cl4N. The molecule has 100 valence electrons. The second-order valence-electron chi connectivity index (χ2n) is 4.28. The average Bonchev–Trinajstić information content (AvgIpc) is 2.38. The van der Waals surface area contributed by atoms with Crippen LogP contribution in [0.25, 0.3) is 22.0 Å². The first-order valence-corrected chi connectivity index (χ1v) is 7.27. The van der Waals surface area contributed by atoms with Crippen LogP contribution >= 0.6 is 46.4 Å². The minimum atomic E-state index is 0.375. The Balaban J connectivity index is 2.22. The summed E-state index contributed by atoms with van der Waals surface area (Å²) in [5.41, 5.74) is 2.59. The monoisotopic (exact) mass is 341 g/mol. The number of benzene rings is 2. The molecule has 1 heterocycles. The number of aromatic nitrogens is 1. The Kier molecular flexibility index (Phi) is 3.78. The van der Waals surface area contributed by atoms with Crippen molar-refractivity contribution in [1.82, 2.24) is 4.98 Å². The van der Waals surface area contributed by atoms with Gasteiger partial charge in [-0.05, 0) is 35.9 Å². The van der Waals surface area contributed by atoms with Gasteiger partial charge in [0, 0.05) is 21.0 Å². The minimum absolute atomic E-state index is 0.375. The van der Waals surface area contributed by atoms with Crippen molar-refractivity contribution in [3.05, 3.63) is 62.7 Å². The van der Waals surface area contributed by atoms with Gasteiger partial charge in [-0.25, -0.2) is 4.98 Å². The highest BCUT2D eigenvalue weighted by molar-refractivity contribution is 6.38. The van der Waals surface area contributed by atoms with E-state index < -0.39 is 0 Å². The lowest BCUT2D eigenvalue weighted by molar-refractivity contribution is 1.41. The molecule has 0 N–H and O–H groups in total. The lowest BCUT2D eigenvalue weighted by Crippen LogP contribution is -1.85. The molecule has 0 aliphatic heterocycles. The summed E-state index contributed by atoms with van der Waals surface area (Å²) in [5, 5.41) is 2.97. The second kappa shape index (κ2) is 5.42. The maximum atomic E-state index is 6.23.